The molecular weight excluding hydrogens is 645 g/mol. The molecule has 0 N–H and O–H groups in total. The van der Waals surface area contributed by atoms with Gasteiger partial charge in [-0.2, -0.15) is 0 Å². The average molecular weight is 681 g/mol. The van der Waals surface area contributed by atoms with Gasteiger partial charge >= 0.3 is 0 Å². The predicted molar refractivity (Wildman–Crippen MR) is 200 cm³/mol. The van der Waals surface area contributed by atoms with Gasteiger partial charge in [0.15, 0.2) is 0 Å². The van der Waals surface area contributed by atoms with Crippen molar-refractivity contribution in [1.82, 2.24) is 0 Å². The summed E-state index contributed by atoms with van der Waals surface area (Å²) in [5.74, 6) is -5.26. The summed E-state index contributed by atoms with van der Waals surface area (Å²) in [6, 6.07) is 46.1. The number of fused-ring (bicyclic) bond motifs is 2. The number of hydrogen-bond donors (Lipinski definition) is 0. The molecule has 5 aromatic rings. The van der Waals surface area contributed by atoms with Crippen LogP contribution in [0.3, 0.4) is 0 Å². The zero-order valence-corrected chi connectivity index (χ0v) is 28.3. The van der Waals surface area contributed by atoms with Crippen LogP contribution in [0.2, 0.25) is 0 Å². The van der Waals surface area contributed by atoms with E-state index in [0.29, 0.717) is 0 Å². The first kappa shape index (κ1) is 31.8. The average Bonchev–Trinajstić information content (AvgIpc) is 3.63. The Kier molecular flexibility index (Phi) is 7.88. The molecule has 8 unspecified atom stereocenters. The number of allylic oxidation sites excluding steroid dienone is 4. The van der Waals surface area contributed by atoms with Crippen molar-refractivity contribution in [3.63, 3.8) is 0 Å². The van der Waals surface area contributed by atoms with E-state index in [1.54, 1.807) is 24.3 Å². The van der Waals surface area contributed by atoms with Crippen molar-refractivity contribution in [1.29, 1.82) is 0 Å². The highest BCUT2D eigenvalue weighted by molar-refractivity contribution is 6.28. The van der Waals surface area contributed by atoms with Crippen LogP contribution in [0.1, 0.15) is 45.9 Å². The zero-order chi connectivity index (χ0) is 35.3. The minimum absolute atomic E-state index is 0.256. The Bertz CT molecular complexity index is 1940. The van der Waals surface area contributed by atoms with E-state index in [2.05, 4.69) is 24.3 Å². The van der Waals surface area contributed by atoms with Crippen LogP contribution < -0.4 is 9.80 Å². The monoisotopic (exact) mass is 680 g/mol. The molecular formula is C46H36N2O4. The fourth-order valence-electron chi connectivity index (χ4n) is 9.19. The minimum Gasteiger partial charge on any atom is -0.274 e. The molecule has 0 bridgehead atoms. The van der Waals surface area contributed by atoms with E-state index in [-0.39, 0.29) is 58.7 Å². The molecule has 2 fully saturated rings. The number of anilines is 2. The number of para-hydroxylation sites is 2. The fourth-order valence-corrected chi connectivity index (χ4v) is 9.19. The summed E-state index contributed by atoms with van der Waals surface area (Å²) in [6.07, 6.45) is 8.25. The predicted octanol–water partition coefficient (Wildman–Crippen LogP) is 8.17. The maximum Gasteiger partial charge on any atom is 0.238 e. The first-order valence-electron chi connectivity index (χ1n) is 17.9. The molecule has 5 aromatic carbocycles. The van der Waals surface area contributed by atoms with Crippen LogP contribution >= 0.6 is 0 Å². The van der Waals surface area contributed by atoms with Gasteiger partial charge in [-0.05, 0) is 34.4 Å². The normalized spacial score (nSPS) is 27.9. The Balaban J connectivity index is 1.15. The lowest BCUT2D eigenvalue weighted by Crippen LogP contribution is -2.37. The van der Waals surface area contributed by atoms with Gasteiger partial charge in [0.25, 0.3) is 0 Å². The quantitative estimate of drug-likeness (QED) is 0.134. The van der Waals surface area contributed by atoms with E-state index in [1.807, 2.05) is 121 Å². The number of rotatable bonds is 6. The third-order valence-corrected chi connectivity index (χ3v) is 11.5. The third kappa shape index (κ3) is 5.01. The third-order valence-electron chi connectivity index (χ3n) is 11.5. The Hall–Kier alpha value is -6.14. The highest BCUT2D eigenvalue weighted by atomic mass is 16.2. The van der Waals surface area contributed by atoms with Crippen molar-refractivity contribution in [2.75, 3.05) is 9.80 Å². The lowest BCUT2D eigenvalue weighted by molar-refractivity contribution is -0.124. The SMILES string of the molecule is O=C1C2C(c3ccccc3)C=CC(c3ccccc3)C2C(=O)N1c1ccccc1N1C(=O)C2C(c3ccccc3)C=CC(c3ccccc3)C2C1=O. The van der Waals surface area contributed by atoms with Crippen LogP contribution in [0.15, 0.2) is 170 Å². The van der Waals surface area contributed by atoms with Crippen molar-refractivity contribution >= 4 is 35.0 Å². The summed E-state index contributed by atoms with van der Waals surface area (Å²) in [4.78, 5) is 61.9. The van der Waals surface area contributed by atoms with Gasteiger partial charge in [0, 0.05) is 23.7 Å². The number of benzene rings is 5. The van der Waals surface area contributed by atoms with E-state index in [9.17, 15) is 19.2 Å². The number of carbonyl (C=O) groups is 4. The minimum atomic E-state index is -0.667. The Morgan fingerprint density at radius 1 is 0.288 bits per heavy atom. The summed E-state index contributed by atoms with van der Waals surface area (Å²) in [5, 5.41) is 0. The van der Waals surface area contributed by atoms with Gasteiger partial charge in [0.05, 0.1) is 35.0 Å². The van der Waals surface area contributed by atoms with Crippen molar-refractivity contribution < 1.29 is 19.2 Å². The first-order chi connectivity index (χ1) is 25.5. The first-order valence-corrected chi connectivity index (χ1v) is 17.9. The molecule has 6 nitrogen and oxygen atoms in total. The molecule has 52 heavy (non-hydrogen) atoms. The number of amides is 4. The molecule has 6 heteroatoms. The Morgan fingerprint density at radius 3 is 0.731 bits per heavy atom. The van der Waals surface area contributed by atoms with Crippen LogP contribution in [-0.2, 0) is 19.2 Å². The van der Waals surface area contributed by atoms with Gasteiger partial charge < -0.3 is 0 Å². The van der Waals surface area contributed by atoms with Gasteiger partial charge in [0.2, 0.25) is 23.6 Å². The summed E-state index contributed by atoms with van der Waals surface area (Å²) < 4.78 is 0. The lowest BCUT2D eigenvalue weighted by atomic mass is 9.68. The molecule has 9 rings (SSSR count). The summed E-state index contributed by atoms with van der Waals surface area (Å²) in [5.41, 5.74) is 4.33. The van der Waals surface area contributed by atoms with Crippen molar-refractivity contribution in [2.45, 2.75) is 23.7 Å². The van der Waals surface area contributed by atoms with E-state index >= 15 is 0 Å². The summed E-state index contributed by atoms with van der Waals surface area (Å²) in [6.45, 7) is 0. The fraction of sp³-hybridized carbons (Fsp3) is 0.174. The molecule has 2 saturated heterocycles. The van der Waals surface area contributed by atoms with Crippen molar-refractivity contribution in [3.8, 4) is 0 Å². The molecule has 2 aliphatic carbocycles. The molecule has 8 atom stereocenters. The number of hydrogen-bond acceptors (Lipinski definition) is 4. The van der Waals surface area contributed by atoms with Gasteiger partial charge in [-0.1, -0.05) is 158 Å². The Morgan fingerprint density at radius 2 is 0.500 bits per heavy atom. The molecule has 254 valence electrons. The van der Waals surface area contributed by atoms with E-state index < -0.39 is 23.7 Å². The van der Waals surface area contributed by atoms with Crippen LogP contribution in [0.4, 0.5) is 11.4 Å². The summed E-state index contributed by atoms with van der Waals surface area (Å²) in [7, 11) is 0. The molecule has 0 radical (unpaired) electrons. The molecule has 2 aliphatic heterocycles. The second-order valence-electron chi connectivity index (χ2n) is 14.1. The molecule has 4 amide bonds. The van der Waals surface area contributed by atoms with Gasteiger partial charge in [-0.3, -0.25) is 19.2 Å². The van der Waals surface area contributed by atoms with E-state index in [1.165, 1.54) is 9.80 Å². The van der Waals surface area contributed by atoms with Gasteiger partial charge in [0.1, 0.15) is 0 Å². The highest BCUT2D eigenvalue weighted by Gasteiger charge is 2.59. The molecule has 2 heterocycles. The molecule has 0 aromatic heterocycles. The summed E-state index contributed by atoms with van der Waals surface area (Å²) >= 11 is 0. The van der Waals surface area contributed by atoms with Gasteiger partial charge in [-0.25, -0.2) is 9.80 Å². The lowest BCUT2D eigenvalue weighted by Gasteiger charge is -2.32. The maximum absolute atomic E-state index is 14.8. The van der Waals surface area contributed by atoms with Crippen LogP contribution in [0.25, 0.3) is 0 Å². The van der Waals surface area contributed by atoms with Crippen LogP contribution in [0, 0.1) is 23.7 Å². The maximum atomic E-state index is 14.8. The van der Waals surface area contributed by atoms with Crippen LogP contribution in [-0.4, -0.2) is 23.6 Å². The standard InChI is InChI=1S/C46H36N2O4/c49-43-39-33(29-15-5-1-6-16-29)25-26-34(30-17-7-2-8-18-30)40(39)44(50)47(43)37-23-13-14-24-38(37)48-45(51)41-35(31-19-9-3-10-20-31)27-28-36(42(41)46(48)52)32-21-11-4-12-22-32/h1-28,33-36,39-42H. The van der Waals surface area contributed by atoms with E-state index in [0.717, 1.165) is 22.3 Å². The highest BCUT2D eigenvalue weighted by Crippen LogP contribution is 2.54. The van der Waals surface area contributed by atoms with E-state index in [4.69, 9.17) is 0 Å². The van der Waals surface area contributed by atoms with Crippen molar-refractivity contribution in [2.24, 2.45) is 23.7 Å². The molecule has 4 aliphatic rings. The topological polar surface area (TPSA) is 74.8 Å². The second kappa shape index (κ2) is 12.9. The van der Waals surface area contributed by atoms with Crippen LogP contribution in [0.5, 0.6) is 0 Å². The number of imide groups is 2. The number of nitrogens with zero attached hydrogens (tertiary/aromatic N) is 2. The largest absolute Gasteiger partial charge is 0.274 e. The van der Waals surface area contributed by atoms with Crippen molar-refractivity contribution in [3.05, 3.63) is 192 Å². The smallest absolute Gasteiger partial charge is 0.238 e. The van der Waals surface area contributed by atoms with Gasteiger partial charge in [-0.15, -0.1) is 0 Å². The second-order valence-corrected chi connectivity index (χ2v) is 14.1. The molecule has 0 saturated carbocycles. The number of carbonyl (C=O) groups excluding carboxylic acids is 4. The zero-order valence-electron chi connectivity index (χ0n) is 28.3. The molecule has 0 spiro atoms. The Labute approximate surface area is 302 Å².